The van der Waals surface area contributed by atoms with Crippen LogP contribution in [0.3, 0.4) is 0 Å². The molecule has 2 rings (SSSR count). The summed E-state index contributed by atoms with van der Waals surface area (Å²) in [6, 6.07) is 6.53. The van der Waals surface area contributed by atoms with Gasteiger partial charge in [-0.3, -0.25) is 4.90 Å². The third kappa shape index (κ3) is 3.74. The number of methoxy groups -OCH3 is 1. The lowest BCUT2D eigenvalue weighted by Crippen LogP contribution is -2.33. The molecule has 0 aromatic heterocycles. The standard InChI is InChI=1S/C16H25BrN2O/c1-19(11-12-5-3-4-6-12)15(10-18)13-7-8-16(20-2)14(17)9-13/h7-9,12,15H,3-6,10-11,18H2,1-2H3. The van der Waals surface area contributed by atoms with Crippen LogP contribution in [0.15, 0.2) is 22.7 Å². The second-order valence-corrected chi connectivity index (χ2v) is 6.59. The zero-order valence-electron chi connectivity index (χ0n) is 12.4. The number of likely N-dealkylation sites (N-methyl/N-ethyl adjacent to an activating group) is 1. The number of halogens is 1. The number of nitrogens with zero attached hydrogens (tertiary/aromatic N) is 1. The van der Waals surface area contributed by atoms with Gasteiger partial charge in [0.1, 0.15) is 5.75 Å². The van der Waals surface area contributed by atoms with Crippen LogP contribution in [-0.4, -0.2) is 32.1 Å². The van der Waals surface area contributed by atoms with E-state index in [9.17, 15) is 0 Å². The van der Waals surface area contributed by atoms with Gasteiger partial charge in [-0.2, -0.15) is 0 Å². The molecule has 20 heavy (non-hydrogen) atoms. The van der Waals surface area contributed by atoms with E-state index in [-0.39, 0.29) is 6.04 Å². The molecule has 0 radical (unpaired) electrons. The first-order chi connectivity index (χ1) is 9.65. The van der Waals surface area contributed by atoms with Gasteiger partial charge in [-0.15, -0.1) is 0 Å². The highest BCUT2D eigenvalue weighted by molar-refractivity contribution is 9.10. The van der Waals surface area contributed by atoms with Gasteiger partial charge in [0.25, 0.3) is 0 Å². The molecule has 1 aliphatic carbocycles. The summed E-state index contributed by atoms with van der Waals surface area (Å²) in [7, 11) is 3.88. The molecule has 1 fully saturated rings. The lowest BCUT2D eigenvalue weighted by Gasteiger charge is -2.30. The number of hydrogen-bond acceptors (Lipinski definition) is 3. The summed E-state index contributed by atoms with van der Waals surface area (Å²) in [6.45, 7) is 1.79. The molecule has 1 aromatic rings. The van der Waals surface area contributed by atoms with Crippen molar-refractivity contribution in [1.29, 1.82) is 0 Å². The molecule has 1 saturated carbocycles. The molecule has 1 atom stereocenters. The van der Waals surface area contributed by atoms with Crippen molar-refractivity contribution >= 4 is 15.9 Å². The third-order valence-electron chi connectivity index (χ3n) is 4.34. The van der Waals surface area contributed by atoms with E-state index < -0.39 is 0 Å². The Balaban J connectivity index is 2.07. The normalized spacial score (nSPS) is 17.6. The van der Waals surface area contributed by atoms with Crippen molar-refractivity contribution in [3.63, 3.8) is 0 Å². The average molecular weight is 341 g/mol. The van der Waals surface area contributed by atoms with Crippen LogP contribution in [0.25, 0.3) is 0 Å². The molecule has 0 aliphatic heterocycles. The van der Waals surface area contributed by atoms with E-state index in [2.05, 4.69) is 40.0 Å². The number of nitrogens with two attached hydrogens (primary N) is 1. The smallest absolute Gasteiger partial charge is 0.133 e. The first kappa shape index (κ1) is 15.8. The van der Waals surface area contributed by atoms with Crippen molar-refractivity contribution < 1.29 is 4.74 Å². The first-order valence-electron chi connectivity index (χ1n) is 7.39. The molecule has 0 saturated heterocycles. The van der Waals surface area contributed by atoms with Crippen molar-refractivity contribution in [3.05, 3.63) is 28.2 Å². The highest BCUT2D eigenvalue weighted by Crippen LogP contribution is 2.31. The Hall–Kier alpha value is -0.580. The predicted molar refractivity (Wildman–Crippen MR) is 87.1 cm³/mol. The zero-order valence-corrected chi connectivity index (χ0v) is 14.0. The van der Waals surface area contributed by atoms with Crippen LogP contribution < -0.4 is 10.5 Å². The molecule has 112 valence electrons. The summed E-state index contributed by atoms with van der Waals surface area (Å²) >= 11 is 3.56. The lowest BCUT2D eigenvalue weighted by atomic mass is 10.0. The second-order valence-electron chi connectivity index (χ2n) is 5.74. The number of benzene rings is 1. The summed E-state index contributed by atoms with van der Waals surface area (Å²) in [6.07, 6.45) is 5.52. The van der Waals surface area contributed by atoms with Crippen LogP contribution in [0.2, 0.25) is 0 Å². The first-order valence-corrected chi connectivity index (χ1v) is 8.18. The van der Waals surface area contributed by atoms with Crippen LogP contribution in [-0.2, 0) is 0 Å². The second kappa shape index (κ2) is 7.43. The molecule has 0 bridgehead atoms. The molecule has 1 unspecified atom stereocenters. The maximum absolute atomic E-state index is 6.01. The minimum atomic E-state index is 0.276. The van der Waals surface area contributed by atoms with Gasteiger partial charge in [-0.05, 0) is 59.4 Å². The Bertz CT molecular complexity index is 432. The summed E-state index contributed by atoms with van der Waals surface area (Å²) in [5.74, 6) is 1.71. The quantitative estimate of drug-likeness (QED) is 0.860. The van der Waals surface area contributed by atoms with Crippen LogP contribution in [0.4, 0.5) is 0 Å². The van der Waals surface area contributed by atoms with Gasteiger partial charge < -0.3 is 10.5 Å². The summed E-state index contributed by atoms with van der Waals surface area (Å²) < 4.78 is 6.28. The van der Waals surface area contributed by atoms with Gasteiger partial charge in [0.05, 0.1) is 11.6 Å². The van der Waals surface area contributed by atoms with E-state index in [1.807, 2.05) is 6.07 Å². The molecule has 1 aliphatic rings. The molecule has 0 heterocycles. The highest BCUT2D eigenvalue weighted by atomic mass is 79.9. The lowest BCUT2D eigenvalue weighted by molar-refractivity contribution is 0.212. The average Bonchev–Trinajstić information content (AvgIpc) is 2.92. The molecular weight excluding hydrogens is 316 g/mol. The van der Waals surface area contributed by atoms with Crippen molar-refractivity contribution in [2.75, 3.05) is 27.2 Å². The number of hydrogen-bond donors (Lipinski definition) is 1. The third-order valence-corrected chi connectivity index (χ3v) is 4.96. The summed E-state index contributed by atoms with van der Waals surface area (Å²) in [5.41, 5.74) is 7.26. The van der Waals surface area contributed by atoms with Crippen LogP contribution in [0, 0.1) is 5.92 Å². The molecule has 1 aromatic carbocycles. The number of rotatable bonds is 6. The van der Waals surface area contributed by atoms with Gasteiger partial charge in [-0.1, -0.05) is 18.9 Å². The highest BCUT2D eigenvalue weighted by Gasteiger charge is 2.22. The van der Waals surface area contributed by atoms with Crippen molar-refractivity contribution in [2.45, 2.75) is 31.7 Å². The minimum Gasteiger partial charge on any atom is -0.496 e. The van der Waals surface area contributed by atoms with E-state index in [0.717, 1.165) is 22.7 Å². The Morgan fingerprint density at radius 3 is 2.65 bits per heavy atom. The van der Waals surface area contributed by atoms with Crippen LogP contribution >= 0.6 is 15.9 Å². The van der Waals surface area contributed by atoms with E-state index in [1.54, 1.807) is 7.11 Å². The minimum absolute atomic E-state index is 0.276. The van der Waals surface area contributed by atoms with E-state index in [4.69, 9.17) is 10.5 Å². The summed E-state index contributed by atoms with van der Waals surface area (Å²) in [5, 5.41) is 0. The Morgan fingerprint density at radius 2 is 2.10 bits per heavy atom. The predicted octanol–water partition coefficient (Wildman–Crippen LogP) is 3.58. The molecular formula is C16H25BrN2O. The van der Waals surface area contributed by atoms with Gasteiger partial charge in [0, 0.05) is 19.1 Å². The maximum atomic E-state index is 6.01. The molecule has 3 nitrogen and oxygen atoms in total. The van der Waals surface area contributed by atoms with Gasteiger partial charge in [-0.25, -0.2) is 0 Å². The number of ether oxygens (including phenoxy) is 1. The molecule has 0 amide bonds. The van der Waals surface area contributed by atoms with Crippen LogP contribution in [0.1, 0.15) is 37.3 Å². The van der Waals surface area contributed by atoms with Gasteiger partial charge in [0.15, 0.2) is 0 Å². The fraction of sp³-hybridized carbons (Fsp3) is 0.625. The molecule has 0 spiro atoms. The Kier molecular flexibility index (Phi) is 5.87. The van der Waals surface area contributed by atoms with Crippen molar-refractivity contribution in [1.82, 2.24) is 4.90 Å². The van der Waals surface area contributed by atoms with Gasteiger partial charge in [0.2, 0.25) is 0 Å². The monoisotopic (exact) mass is 340 g/mol. The maximum Gasteiger partial charge on any atom is 0.133 e. The van der Waals surface area contributed by atoms with Gasteiger partial charge >= 0.3 is 0 Å². The molecule has 2 N–H and O–H groups in total. The van der Waals surface area contributed by atoms with E-state index >= 15 is 0 Å². The summed E-state index contributed by atoms with van der Waals surface area (Å²) in [4.78, 5) is 2.41. The molecule has 4 heteroatoms. The fourth-order valence-corrected chi connectivity index (χ4v) is 3.75. The SMILES string of the molecule is COc1ccc(C(CN)N(C)CC2CCCC2)cc1Br. The van der Waals surface area contributed by atoms with Crippen LogP contribution in [0.5, 0.6) is 5.75 Å². The Morgan fingerprint density at radius 1 is 1.40 bits per heavy atom. The van der Waals surface area contributed by atoms with E-state index in [0.29, 0.717) is 6.54 Å². The van der Waals surface area contributed by atoms with Crippen molar-refractivity contribution in [2.24, 2.45) is 11.7 Å². The largest absolute Gasteiger partial charge is 0.496 e. The topological polar surface area (TPSA) is 38.5 Å². The van der Waals surface area contributed by atoms with E-state index in [1.165, 1.54) is 31.2 Å². The van der Waals surface area contributed by atoms with Crippen molar-refractivity contribution in [3.8, 4) is 5.75 Å². The Labute approximate surface area is 130 Å². The fourth-order valence-electron chi connectivity index (χ4n) is 3.19. The zero-order chi connectivity index (χ0) is 14.5.